The summed E-state index contributed by atoms with van der Waals surface area (Å²) in [6.45, 7) is 1.90. The van der Waals surface area contributed by atoms with E-state index in [1.165, 1.54) is 11.1 Å². The highest BCUT2D eigenvalue weighted by molar-refractivity contribution is 5.21. The summed E-state index contributed by atoms with van der Waals surface area (Å²) in [4.78, 5) is 4.09. The van der Waals surface area contributed by atoms with Gasteiger partial charge in [-0.1, -0.05) is 30.3 Å². The maximum absolute atomic E-state index is 8.95. The number of aromatic nitrogens is 1. The molecule has 1 aromatic heterocycles. The molecular formula is C15H18N2O. The number of benzene rings is 1. The quantitative estimate of drug-likeness (QED) is 0.761. The van der Waals surface area contributed by atoms with Crippen molar-refractivity contribution in [3.05, 3.63) is 65.5 Å². The zero-order valence-corrected chi connectivity index (χ0v) is 10.3. The minimum absolute atomic E-state index is 0.106. The summed E-state index contributed by atoms with van der Waals surface area (Å²) < 4.78 is 0. The normalized spacial score (nSPS) is 10.5. The van der Waals surface area contributed by atoms with Crippen molar-refractivity contribution < 1.29 is 5.11 Å². The second kappa shape index (κ2) is 6.89. The van der Waals surface area contributed by atoms with Gasteiger partial charge in [-0.2, -0.15) is 0 Å². The summed E-state index contributed by atoms with van der Waals surface area (Å²) in [5.74, 6) is 0. The van der Waals surface area contributed by atoms with Gasteiger partial charge in [0.05, 0.1) is 6.61 Å². The first kappa shape index (κ1) is 12.7. The van der Waals surface area contributed by atoms with Crippen LogP contribution in [-0.4, -0.2) is 16.6 Å². The van der Waals surface area contributed by atoms with Crippen molar-refractivity contribution in [1.29, 1.82) is 0 Å². The summed E-state index contributed by atoms with van der Waals surface area (Å²) >= 11 is 0. The number of aliphatic hydroxyl groups excluding tert-OH is 1. The maximum atomic E-state index is 8.95. The zero-order chi connectivity index (χ0) is 12.6. The third-order valence-electron chi connectivity index (χ3n) is 2.85. The molecule has 3 heteroatoms. The van der Waals surface area contributed by atoms with E-state index < -0.39 is 0 Å². The van der Waals surface area contributed by atoms with Crippen molar-refractivity contribution in [2.24, 2.45) is 0 Å². The molecule has 0 aliphatic rings. The Morgan fingerprint density at radius 3 is 2.44 bits per heavy atom. The van der Waals surface area contributed by atoms with Gasteiger partial charge in [0.1, 0.15) is 0 Å². The molecule has 0 spiro atoms. The van der Waals surface area contributed by atoms with Gasteiger partial charge in [-0.25, -0.2) is 0 Å². The largest absolute Gasteiger partial charge is 0.392 e. The van der Waals surface area contributed by atoms with Gasteiger partial charge >= 0.3 is 0 Å². The van der Waals surface area contributed by atoms with E-state index >= 15 is 0 Å². The number of rotatable bonds is 6. The number of hydrogen-bond donors (Lipinski definition) is 2. The highest BCUT2D eigenvalue weighted by Crippen LogP contribution is 2.04. The molecule has 0 saturated heterocycles. The predicted octanol–water partition coefficient (Wildman–Crippen LogP) is 1.91. The number of pyridine rings is 1. The summed E-state index contributed by atoms with van der Waals surface area (Å²) in [5.41, 5.74) is 3.44. The highest BCUT2D eigenvalue weighted by atomic mass is 16.3. The molecule has 94 valence electrons. The van der Waals surface area contributed by atoms with Crippen LogP contribution in [0.2, 0.25) is 0 Å². The lowest BCUT2D eigenvalue weighted by molar-refractivity contribution is 0.282. The molecule has 0 bridgehead atoms. The molecule has 0 fully saturated rings. The molecule has 0 aliphatic carbocycles. The van der Waals surface area contributed by atoms with Crippen molar-refractivity contribution in [3.8, 4) is 0 Å². The molecule has 2 rings (SSSR count). The standard InChI is InChI=1S/C15H18N2O/c18-12-15-5-3-14(4-6-15)11-17-9-7-13-2-1-8-16-10-13/h1-6,8,10,17-18H,7,9,11-12H2. The topological polar surface area (TPSA) is 45.1 Å². The van der Waals surface area contributed by atoms with Crippen LogP contribution in [0.5, 0.6) is 0 Å². The Balaban J connectivity index is 1.72. The highest BCUT2D eigenvalue weighted by Gasteiger charge is 1.95. The molecule has 0 amide bonds. The van der Waals surface area contributed by atoms with E-state index in [0.29, 0.717) is 0 Å². The summed E-state index contributed by atoms with van der Waals surface area (Å²) in [6, 6.07) is 12.1. The molecule has 0 aliphatic heterocycles. The van der Waals surface area contributed by atoms with E-state index in [1.54, 1.807) is 6.20 Å². The van der Waals surface area contributed by atoms with Crippen LogP contribution >= 0.6 is 0 Å². The van der Waals surface area contributed by atoms with Gasteiger partial charge in [0.15, 0.2) is 0 Å². The molecule has 2 N–H and O–H groups in total. The van der Waals surface area contributed by atoms with Crippen LogP contribution < -0.4 is 5.32 Å². The number of hydrogen-bond acceptors (Lipinski definition) is 3. The van der Waals surface area contributed by atoms with E-state index in [0.717, 1.165) is 25.1 Å². The van der Waals surface area contributed by atoms with Crippen molar-refractivity contribution in [2.75, 3.05) is 6.54 Å². The molecule has 3 nitrogen and oxygen atoms in total. The molecule has 0 unspecified atom stereocenters. The van der Waals surface area contributed by atoms with Crippen LogP contribution in [0.3, 0.4) is 0 Å². The molecular weight excluding hydrogens is 224 g/mol. The first-order chi connectivity index (χ1) is 8.88. The summed E-state index contributed by atoms with van der Waals surface area (Å²) in [6.07, 6.45) is 4.68. The second-order valence-corrected chi connectivity index (χ2v) is 4.26. The Hall–Kier alpha value is -1.71. The predicted molar refractivity (Wildman–Crippen MR) is 72.0 cm³/mol. The number of nitrogens with zero attached hydrogens (tertiary/aromatic N) is 1. The molecule has 18 heavy (non-hydrogen) atoms. The van der Waals surface area contributed by atoms with Crippen LogP contribution in [-0.2, 0) is 19.6 Å². The fraction of sp³-hybridized carbons (Fsp3) is 0.267. The van der Waals surface area contributed by atoms with E-state index in [1.807, 2.05) is 36.5 Å². The minimum Gasteiger partial charge on any atom is -0.392 e. The third kappa shape index (κ3) is 3.95. The molecule has 2 aromatic rings. The monoisotopic (exact) mass is 242 g/mol. The minimum atomic E-state index is 0.106. The molecule has 1 heterocycles. The Labute approximate surface area is 108 Å². The Morgan fingerprint density at radius 2 is 1.78 bits per heavy atom. The molecule has 0 atom stereocenters. The maximum Gasteiger partial charge on any atom is 0.0681 e. The van der Waals surface area contributed by atoms with Crippen molar-refractivity contribution in [1.82, 2.24) is 10.3 Å². The third-order valence-corrected chi connectivity index (χ3v) is 2.85. The van der Waals surface area contributed by atoms with E-state index in [-0.39, 0.29) is 6.61 Å². The van der Waals surface area contributed by atoms with Gasteiger partial charge in [-0.05, 0) is 35.7 Å². The van der Waals surface area contributed by atoms with Crippen LogP contribution in [0.25, 0.3) is 0 Å². The lowest BCUT2D eigenvalue weighted by atomic mass is 10.1. The van der Waals surface area contributed by atoms with Gasteiger partial charge < -0.3 is 10.4 Å². The molecule has 1 aromatic carbocycles. The number of aliphatic hydroxyl groups is 1. The Morgan fingerprint density at radius 1 is 1.00 bits per heavy atom. The summed E-state index contributed by atoms with van der Waals surface area (Å²) in [5, 5.41) is 12.3. The molecule has 0 saturated carbocycles. The van der Waals surface area contributed by atoms with Gasteiger partial charge in [-0.15, -0.1) is 0 Å². The van der Waals surface area contributed by atoms with Crippen molar-refractivity contribution in [3.63, 3.8) is 0 Å². The van der Waals surface area contributed by atoms with Crippen LogP contribution in [0, 0.1) is 0 Å². The van der Waals surface area contributed by atoms with Gasteiger partial charge in [0, 0.05) is 18.9 Å². The fourth-order valence-electron chi connectivity index (χ4n) is 1.77. The lowest BCUT2D eigenvalue weighted by Crippen LogP contribution is -2.16. The van der Waals surface area contributed by atoms with Crippen LogP contribution in [0.4, 0.5) is 0 Å². The first-order valence-corrected chi connectivity index (χ1v) is 6.17. The summed E-state index contributed by atoms with van der Waals surface area (Å²) in [7, 11) is 0. The first-order valence-electron chi connectivity index (χ1n) is 6.17. The van der Waals surface area contributed by atoms with Crippen molar-refractivity contribution in [2.45, 2.75) is 19.6 Å². The van der Waals surface area contributed by atoms with Crippen molar-refractivity contribution >= 4 is 0 Å². The SMILES string of the molecule is OCc1ccc(CNCCc2cccnc2)cc1. The van der Waals surface area contributed by atoms with Gasteiger partial charge in [0.2, 0.25) is 0 Å². The average Bonchev–Trinajstić information content (AvgIpc) is 2.45. The molecule has 0 radical (unpaired) electrons. The Bertz CT molecular complexity index is 454. The smallest absolute Gasteiger partial charge is 0.0681 e. The fourth-order valence-corrected chi connectivity index (χ4v) is 1.77. The Kier molecular flexibility index (Phi) is 4.88. The number of nitrogens with one attached hydrogen (secondary N) is 1. The lowest BCUT2D eigenvalue weighted by Gasteiger charge is -2.05. The van der Waals surface area contributed by atoms with E-state index in [2.05, 4.69) is 16.4 Å². The van der Waals surface area contributed by atoms with Gasteiger partial charge in [-0.3, -0.25) is 4.98 Å². The van der Waals surface area contributed by atoms with Gasteiger partial charge in [0.25, 0.3) is 0 Å². The average molecular weight is 242 g/mol. The van der Waals surface area contributed by atoms with Crippen LogP contribution in [0.15, 0.2) is 48.8 Å². The zero-order valence-electron chi connectivity index (χ0n) is 10.3. The second-order valence-electron chi connectivity index (χ2n) is 4.26. The van der Waals surface area contributed by atoms with E-state index in [4.69, 9.17) is 5.11 Å². The van der Waals surface area contributed by atoms with E-state index in [9.17, 15) is 0 Å². The van der Waals surface area contributed by atoms with Crippen LogP contribution in [0.1, 0.15) is 16.7 Å².